The normalized spacial score (nSPS) is 19.0. The summed E-state index contributed by atoms with van der Waals surface area (Å²) in [7, 11) is 1.57. The molecule has 1 aromatic carbocycles. The average Bonchev–Trinajstić information content (AvgIpc) is 3.22. The topological polar surface area (TPSA) is 80.5 Å². The van der Waals surface area contributed by atoms with Gasteiger partial charge in [0.05, 0.1) is 6.42 Å². The number of hydrogen-bond donors (Lipinski definition) is 0. The van der Waals surface area contributed by atoms with Gasteiger partial charge in [-0.15, -0.1) is 5.10 Å². The molecule has 0 radical (unpaired) electrons. The number of alkyl halides is 3. The molecular formula is C23H23ClF3N5O2. The highest BCUT2D eigenvalue weighted by atomic mass is 35.5. The number of ketones is 1. The fourth-order valence-electron chi connectivity index (χ4n) is 4.70. The molecule has 1 aliphatic carbocycles. The monoisotopic (exact) mass is 493 g/mol. The van der Waals surface area contributed by atoms with Gasteiger partial charge in [0, 0.05) is 41.0 Å². The number of halogens is 4. The minimum Gasteiger partial charge on any atom is -0.329 e. The quantitative estimate of drug-likeness (QED) is 0.536. The Kier molecular flexibility index (Phi) is 6.14. The Morgan fingerprint density at radius 3 is 2.56 bits per heavy atom. The summed E-state index contributed by atoms with van der Waals surface area (Å²) in [5.41, 5.74) is 0.499. The van der Waals surface area contributed by atoms with Gasteiger partial charge in [-0.3, -0.25) is 9.59 Å². The summed E-state index contributed by atoms with van der Waals surface area (Å²) in [6, 6.07) is 6.98. The Morgan fingerprint density at radius 1 is 1.21 bits per heavy atom. The molecule has 0 bridgehead atoms. The number of fused-ring (bicyclic) bond motifs is 1. The highest BCUT2D eigenvalue weighted by molar-refractivity contribution is 6.31. The predicted octanol–water partition coefficient (Wildman–Crippen LogP) is 4.45. The molecule has 1 amide bonds. The van der Waals surface area contributed by atoms with Gasteiger partial charge in [-0.05, 0) is 39.2 Å². The zero-order valence-corrected chi connectivity index (χ0v) is 19.7. The van der Waals surface area contributed by atoms with Crippen molar-refractivity contribution in [1.29, 1.82) is 0 Å². The van der Waals surface area contributed by atoms with Crippen LogP contribution >= 0.6 is 11.6 Å². The molecule has 2 heterocycles. The number of carbonyl (C=O) groups is 2. The number of aromatic nitrogens is 4. The smallest absolute Gasteiger partial charge is 0.329 e. The summed E-state index contributed by atoms with van der Waals surface area (Å²) >= 11 is 6.47. The van der Waals surface area contributed by atoms with E-state index >= 15 is 0 Å². The summed E-state index contributed by atoms with van der Waals surface area (Å²) in [4.78, 5) is 35.8. The van der Waals surface area contributed by atoms with Crippen molar-refractivity contribution >= 4 is 29.1 Å². The molecule has 0 unspecified atom stereocenters. The zero-order chi connectivity index (χ0) is 24.8. The molecule has 0 saturated heterocycles. The number of hydrogen-bond acceptors (Lipinski definition) is 5. The van der Waals surface area contributed by atoms with Crippen LogP contribution in [0.4, 0.5) is 13.2 Å². The molecule has 1 fully saturated rings. The number of likely N-dealkylation sites (N-methyl/N-ethyl adjacent to an activating group) is 1. The second kappa shape index (κ2) is 8.65. The summed E-state index contributed by atoms with van der Waals surface area (Å²) in [6.45, 7) is 3.17. The second-order valence-electron chi connectivity index (χ2n) is 8.51. The van der Waals surface area contributed by atoms with Crippen LogP contribution in [0.5, 0.6) is 0 Å². The summed E-state index contributed by atoms with van der Waals surface area (Å²) in [6.07, 6.45) is -2.64. The molecular weight excluding hydrogens is 471 g/mol. The molecule has 11 heteroatoms. The molecule has 4 rings (SSSR count). The molecule has 7 nitrogen and oxygen atoms in total. The SMILES string of the molecule is Cc1nc2nc(C(F)(F)F)nn2c(C)c1CC(=O)N(C)[C@@]1(c2ccccc2Cl)CCCCC1=O. The van der Waals surface area contributed by atoms with E-state index in [4.69, 9.17) is 11.6 Å². The molecule has 3 aromatic rings. The van der Waals surface area contributed by atoms with Crippen molar-refractivity contribution in [2.24, 2.45) is 0 Å². The van der Waals surface area contributed by atoms with Crippen LogP contribution in [0.25, 0.3) is 5.78 Å². The molecule has 1 saturated carbocycles. The van der Waals surface area contributed by atoms with E-state index < -0.39 is 17.5 Å². The van der Waals surface area contributed by atoms with Crippen molar-refractivity contribution in [2.45, 2.75) is 57.7 Å². The van der Waals surface area contributed by atoms with Gasteiger partial charge in [0.1, 0.15) is 5.54 Å². The average molecular weight is 494 g/mol. The molecule has 0 aliphatic heterocycles. The van der Waals surface area contributed by atoms with E-state index in [0.29, 0.717) is 40.4 Å². The minimum absolute atomic E-state index is 0.0872. The number of nitrogens with zero attached hydrogens (tertiary/aromatic N) is 5. The first-order chi connectivity index (χ1) is 16.0. The first-order valence-corrected chi connectivity index (χ1v) is 11.2. The van der Waals surface area contributed by atoms with Crippen LogP contribution in [0, 0.1) is 13.8 Å². The lowest BCUT2D eigenvalue weighted by molar-refractivity contribution is -0.147. The van der Waals surface area contributed by atoms with Crippen LogP contribution in [0.2, 0.25) is 5.02 Å². The summed E-state index contributed by atoms with van der Waals surface area (Å²) in [5.74, 6) is -1.95. The van der Waals surface area contributed by atoms with Gasteiger partial charge < -0.3 is 4.90 Å². The lowest BCUT2D eigenvalue weighted by atomic mass is 9.74. The molecule has 1 atom stereocenters. The molecule has 0 spiro atoms. The van der Waals surface area contributed by atoms with Gasteiger partial charge in [0.25, 0.3) is 11.6 Å². The van der Waals surface area contributed by atoms with Crippen LogP contribution in [0.3, 0.4) is 0 Å². The number of benzene rings is 1. The van der Waals surface area contributed by atoms with Crippen LogP contribution in [-0.2, 0) is 27.7 Å². The third-order valence-corrected chi connectivity index (χ3v) is 6.88. The maximum Gasteiger partial charge on any atom is 0.453 e. The van der Waals surface area contributed by atoms with E-state index in [-0.39, 0.29) is 23.9 Å². The Balaban J connectivity index is 1.74. The predicted molar refractivity (Wildman–Crippen MR) is 118 cm³/mol. The van der Waals surface area contributed by atoms with Gasteiger partial charge in [0.15, 0.2) is 5.78 Å². The second-order valence-corrected chi connectivity index (χ2v) is 8.91. The first-order valence-electron chi connectivity index (χ1n) is 10.8. The van der Waals surface area contributed by atoms with Gasteiger partial charge in [-0.1, -0.05) is 29.8 Å². The molecule has 0 N–H and O–H groups in total. The van der Waals surface area contributed by atoms with E-state index in [1.165, 1.54) is 4.90 Å². The number of amides is 1. The maximum atomic E-state index is 13.5. The largest absolute Gasteiger partial charge is 0.453 e. The fourth-order valence-corrected chi connectivity index (χ4v) is 4.99. The Labute approximate surface area is 198 Å². The van der Waals surface area contributed by atoms with Crippen molar-refractivity contribution in [3.8, 4) is 0 Å². The molecule has 1 aliphatic rings. The van der Waals surface area contributed by atoms with Crippen LogP contribution in [0.15, 0.2) is 24.3 Å². The van der Waals surface area contributed by atoms with E-state index in [1.807, 2.05) is 0 Å². The lowest BCUT2D eigenvalue weighted by Crippen LogP contribution is -2.54. The Morgan fingerprint density at radius 2 is 1.91 bits per heavy atom. The number of Topliss-reactive ketones (excluding diaryl/α,β-unsaturated/α-hetero) is 1. The van der Waals surface area contributed by atoms with Crippen LogP contribution in [-0.4, -0.2) is 43.2 Å². The maximum absolute atomic E-state index is 13.5. The van der Waals surface area contributed by atoms with Gasteiger partial charge in [-0.2, -0.15) is 18.2 Å². The van der Waals surface area contributed by atoms with Crippen LogP contribution < -0.4 is 0 Å². The summed E-state index contributed by atoms with van der Waals surface area (Å²) < 4.78 is 40.2. The number of aryl methyl sites for hydroxylation is 2. The Hall–Kier alpha value is -3.01. The van der Waals surface area contributed by atoms with Crippen molar-refractivity contribution in [3.05, 3.63) is 57.6 Å². The van der Waals surface area contributed by atoms with Crippen molar-refractivity contribution in [2.75, 3.05) is 7.05 Å². The van der Waals surface area contributed by atoms with Crippen molar-refractivity contribution in [1.82, 2.24) is 24.5 Å². The number of carbonyl (C=O) groups excluding carboxylic acids is 2. The summed E-state index contributed by atoms with van der Waals surface area (Å²) in [5, 5.41) is 3.93. The zero-order valence-electron chi connectivity index (χ0n) is 18.9. The highest BCUT2D eigenvalue weighted by Gasteiger charge is 2.48. The molecule has 2 aromatic heterocycles. The first kappa shape index (κ1) is 24.1. The van der Waals surface area contributed by atoms with Gasteiger partial charge in [-0.25, -0.2) is 9.50 Å². The van der Waals surface area contributed by atoms with E-state index in [9.17, 15) is 22.8 Å². The minimum atomic E-state index is -4.72. The van der Waals surface area contributed by atoms with Crippen molar-refractivity contribution in [3.63, 3.8) is 0 Å². The highest BCUT2D eigenvalue weighted by Crippen LogP contribution is 2.42. The van der Waals surface area contributed by atoms with E-state index in [2.05, 4.69) is 15.1 Å². The lowest BCUT2D eigenvalue weighted by Gasteiger charge is -2.44. The third-order valence-electron chi connectivity index (χ3n) is 6.55. The molecule has 34 heavy (non-hydrogen) atoms. The van der Waals surface area contributed by atoms with Gasteiger partial charge in [0.2, 0.25) is 5.91 Å². The van der Waals surface area contributed by atoms with Gasteiger partial charge >= 0.3 is 6.18 Å². The van der Waals surface area contributed by atoms with E-state index in [1.54, 1.807) is 45.2 Å². The fraction of sp³-hybridized carbons (Fsp3) is 0.435. The number of rotatable bonds is 4. The van der Waals surface area contributed by atoms with Crippen molar-refractivity contribution < 1.29 is 22.8 Å². The van der Waals surface area contributed by atoms with Crippen LogP contribution in [0.1, 0.15) is 54.0 Å². The standard InChI is InChI=1S/C23H23ClF3N5O2/c1-13-15(14(2)32-21(28-13)29-20(30-32)23(25,26)27)12-19(34)31(3)22(11-7-6-10-18(22)33)16-8-4-5-9-17(16)24/h4-5,8-9H,6-7,10-12H2,1-3H3/t22-/m1/s1. The van der Waals surface area contributed by atoms with E-state index in [0.717, 1.165) is 17.4 Å². The molecule has 180 valence electrons. The Bertz CT molecular complexity index is 1290. The third kappa shape index (κ3) is 3.93.